The summed E-state index contributed by atoms with van der Waals surface area (Å²) >= 11 is 0. The van der Waals surface area contributed by atoms with E-state index in [9.17, 15) is 0 Å². The lowest BCUT2D eigenvalue weighted by molar-refractivity contribution is 0.103. The SMILES string of the molecule is CCNCCCCCN1CCN2CCCC2C1. The van der Waals surface area contributed by atoms with E-state index in [1.165, 1.54) is 71.4 Å². The second kappa shape index (κ2) is 7.34. The van der Waals surface area contributed by atoms with Gasteiger partial charge in [-0.05, 0) is 51.9 Å². The Kier molecular flexibility index (Phi) is 5.75. The molecule has 0 amide bonds. The van der Waals surface area contributed by atoms with Crippen molar-refractivity contribution in [2.45, 2.75) is 45.1 Å². The van der Waals surface area contributed by atoms with Gasteiger partial charge in [-0.1, -0.05) is 13.3 Å². The molecule has 2 aliphatic heterocycles. The Hall–Kier alpha value is -0.120. The molecule has 1 N–H and O–H groups in total. The van der Waals surface area contributed by atoms with Crippen molar-refractivity contribution in [1.29, 1.82) is 0 Å². The Balaban J connectivity index is 1.51. The van der Waals surface area contributed by atoms with Gasteiger partial charge < -0.3 is 10.2 Å². The first-order valence-corrected chi connectivity index (χ1v) is 7.57. The average molecular weight is 239 g/mol. The van der Waals surface area contributed by atoms with Crippen LogP contribution < -0.4 is 5.32 Å². The first kappa shape index (κ1) is 13.3. The summed E-state index contributed by atoms with van der Waals surface area (Å²) < 4.78 is 0. The highest BCUT2D eigenvalue weighted by Crippen LogP contribution is 2.21. The van der Waals surface area contributed by atoms with Crippen LogP contribution in [0.25, 0.3) is 0 Å². The van der Waals surface area contributed by atoms with E-state index >= 15 is 0 Å². The molecule has 0 spiro atoms. The molecule has 3 heteroatoms. The van der Waals surface area contributed by atoms with Gasteiger partial charge in [0.2, 0.25) is 0 Å². The van der Waals surface area contributed by atoms with E-state index in [0.29, 0.717) is 0 Å². The molecule has 0 aromatic heterocycles. The molecule has 2 fully saturated rings. The topological polar surface area (TPSA) is 18.5 Å². The van der Waals surface area contributed by atoms with E-state index in [1.807, 2.05) is 0 Å². The van der Waals surface area contributed by atoms with Gasteiger partial charge >= 0.3 is 0 Å². The maximum atomic E-state index is 3.40. The molecule has 2 heterocycles. The lowest BCUT2D eigenvalue weighted by atomic mass is 10.1. The number of rotatable bonds is 7. The molecule has 0 aromatic rings. The molecule has 17 heavy (non-hydrogen) atoms. The van der Waals surface area contributed by atoms with Gasteiger partial charge in [-0.15, -0.1) is 0 Å². The third-order valence-corrected chi connectivity index (χ3v) is 4.25. The van der Waals surface area contributed by atoms with Crippen molar-refractivity contribution in [2.75, 3.05) is 45.8 Å². The summed E-state index contributed by atoms with van der Waals surface area (Å²) in [5, 5.41) is 3.40. The molecule has 2 aliphatic rings. The van der Waals surface area contributed by atoms with Crippen LogP contribution in [0.3, 0.4) is 0 Å². The summed E-state index contributed by atoms with van der Waals surface area (Å²) in [5.41, 5.74) is 0. The van der Waals surface area contributed by atoms with E-state index in [4.69, 9.17) is 0 Å². The van der Waals surface area contributed by atoms with Crippen molar-refractivity contribution in [3.63, 3.8) is 0 Å². The average Bonchev–Trinajstić information content (AvgIpc) is 2.81. The second-order valence-electron chi connectivity index (χ2n) is 5.55. The molecule has 1 atom stereocenters. The van der Waals surface area contributed by atoms with Crippen LogP contribution in [0.4, 0.5) is 0 Å². The van der Waals surface area contributed by atoms with E-state index in [0.717, 1.165) is 12.6 Å². The van der Waals surface area contributed by atoms with Crippen LogP contribution in [0.5, 0.6) is 0 Å². The molecule has 1 unspecified atom stereocenters. The van der Waals surface area contributed by atoms with Gasteiger partial charge in [-0.2, -0.15) is 0 Å². The molecule has 2 saturated heterocycles. The van der Waals surface area contributed by atoms with E-state index in [-0.39, 0.29) is 0 Å². The first-order valence-electron chi connectivity index (χ1n) is 7.57. The molecule has 3 nitrogen and oxygen atoms in total. The van der Waals surface area contributed by atoms with Gasteiger partial charge in [-0.3, -0.25) is 4.90 Å². The molecule has 0 aromatic carbocycles. The van der Waals surface area contributed by atoms with Crippen molar-refractivity contribution in [3.05, 3.63) is 0 Å². The van der Waals surface area contributed by atoms with E-state index in [2.05, 4.69) is 22.0 Å². The van der Waals surface area contributed by atoms with Crippen molar-refractivity contribution in [1.82, 2.24) is 15.1 Å². The lowest BCUT2D eigenvalue weighted by Crippen LogP contribution is -2.50. The summed E-state index contributed by atoms with van der Waals surface area (Å²) in [6.07, 6.45) is 6.99. The van der Waals surface area contributed by atoms with Gasteiger partial charge in [0.25, 0.3) is 0 Å². The van der Waals surface area contributed by atoms with Crippen LogP contribution in [-0.2, 0) is 0 Å². The predicted molar refractivity (Wildman–Crippen MR) is 73.4 cm³/mol. The molecular formula is C14H29N3. The van der Waals surface area contributed by atoms with Crippen molar-refractivity contribution < 1.29 is 0 Å². The quantitative estimate of drug-likeness (QED) is 0.680. The Morgan fingerprint density at radius 3 is 2.94 bits per heavy atom. The van der Waals surface area contributed by atoms with Crippen LogP contribution in [0, 0.1) is 0 Å². The Morgan fingerprint density at radius 1 is 1.12 bits per heavy atom. The summed E-state index contributed by atoms with van der Waals surface area (Å²) in [6, 6.07) is 0.894. The smallest absolute Gasteiger partial charge is 0.0224 e. The third kappa shape index (κ3) is 4.23. The number of unbranched alkanes of at least 4 members (excludes halogenated alkanes) is 2. The van der Waals surface area contributed by atoms with E-state index < -0.39 is 0 Å². The molecule has 0 radical (unpaired) electrons. The van der Waals surface area contributed by atoms with Gasteiger partial charge in [-0.25, -0.2) is 0 Å². The fourth-order valence-corrected chi connectivity index (χ4v) is 3.20. The predicted octanol–water partition coefficient (Wildman–Crippen LogP) is 1.55. The molecule has 100 valence electrons. The molecule has 0 saturated carbocycles. The maximum absolute atomic E-state index is 3.40. The van der Waals surface area contributed by atoms with E-state index in [1.54, 1.807) is 0 Å². The number of fused-ring (bicyclic) bond motifs is 1. The molecular weight excluding hydrogens is 210 g/mol. The minimum Gasteiger partial charge on any atom is -0.317 e. The molecule has 0 bridgehead atoms. The second-order valence-corrected chi connectivity index (χ2v) is 5.55. The zero-order chi connectivity index (χ0) is 11.9. The van der Waals surface area contributed by atoms with Gasteiger partial charge in [0.1, 0.15) is 0 Å². The van der Waals surface area contributed by atoms with Crippen molar-refractivity contribution in [2.24, 2.45) is 0 Å². The molecule has 2 rings (SSSR count). The van der Waals surface area contributed by atoms with Gasteiger partial charge in [0.05, 0.1) is 0 Å². The monoisotopic (exact) mass is 239 g/mol. The number of nitrogens with one attached hydrogen (secondary N) is 1. The van der Waals surface area contributed by atoms with Crippen molar-refractivity contribution in [3.8, 4) is 0 Å². The minimum absolute atomic E-state index is 0.894. The third-order valence-electron chi connectivity index (χ3n) is 4.25. The summed E-state index contributed by atoms with van der Waals surface area (Å²) in [5.74, 6) is 0. The largest absolute Gasteiger partial charge is 0.317 e. The van der Waals surface area contributed by atoms with Gasteiger partial charge in [0, 0.05) is 25.7 Å². The highest BCUT2D eigenvalue weighted by atomic mass is 15.3. The van der Waals surface area contributed by atoms with Crippen molar-refractivity contribution >= 4 is 0 Å². The highest BCUT2D eigenvalue weighted by Gasteiger charge is 2.29. The number of hydrogen-bond acceptors (Lipinski definition) is 3. The van der Waals surface area contributed by atoms with Gasteiger partial charge in [0.15, 0.2) is 0 Å². The highest BCUT2D eigenvalue weighted by molar-refractivity contribution is 4.86. The maximum Gasteiger partial charge on any atom is 0.0224 e. The number of nitrogens with zero attached hydrogens (tertiary/aromatic N) is 2. The molecule has 0 aliphatic carbocycles. The zero-order valence-corrected chi connectivity index (χ0v) is 11.5. The summed E-state index contributed by atoms with van der Waals surface area (Å²) in [4.78, 5) is 5.39. The van der Waals surface area contributed by atoms with Crippen LogP contribution >= 0.6 is 0 Å². The standard InChI is InChI=1S/C14H29N3/c1-2-15-8-4-3-5-9-16-11-12-17-10-6-7-14(17)13-16/h14-15H,2-13H2,1H3. The fraction of sp³-hybridized carbons (Fsp3) is 1.00. The number of piperazine rings is 1. The summed E-state index contributed by atoms with van der Waals surface area (Å²) in [7, 11) is 0. The number of hydrogen-bond donors (Lipinski definition) is 1. The van der Waals surface area contributed by atoms with Crippen LogP contribution in [-0.4, -0.2) is 61.7 Å². The first-order chi connectivity index (χ1) is 8.40. The Bertz CT molecular complexity index is 208. The lowest BCUT2D eigenvalue weighted by Gasteiger charge is -2.37. The Morgan fingerprint density at radius 2 is 2.06 bits per heavy atom. The van der Waals surface area contributed by atoms with Crippen LogP contribution in [0.1, 0.15) is 39.0 Å². The van der Waals surface area contributed by atoms with Crippen LogP contribution in [0.15, 0.2) is 0 Å². The fourth-order valence-electron chi connectivity index (χ4n) is 3.20. The normalized spacial score (nSPS) is 26.3. The zero-order valence-electron chi connectivity index (χ0n) is 11.5. The minimum atomic E-state index is 0.894. The Labute approximate surface area is 107 Å². The summed E-state index contributed by atoms with van der Waals surface area (Å²) in [6.45, 7) is 11.2. The van der Waals surface area contributed by atoms with Crippen LogP contribution in [0.2, 0.25) is 0 Å².